The van der Waals surface area contributed by atoms with Crippen LogP contribution in [0.2, 0.25) is 0 Å². The van der Waals surface area contributed by atoms with Gasteiger partial charge in [-0.25, -0.2) is 4.79 Å². The van der Waals surface area contributed by atoms with Crippen LogP contribution < -0.4 is 5.32 Å². The number of carbonyl (C=O) groups excluding carboxylic acids is 2. The first-order valence-electron chi connectivity index (χ1n) is 8.50. The fourth-order valence-corrected chi connectivity index (χ4v) is 3.71. The zero-order chi connectivity index (χ0) is 18.0. The van der Waals surface area contributed by atoms with Crippen molar-refractivity contribution in [2.75, 3.05) is 11.9 Å². The molecule has 2 bridgehead atoms. The van der Waals surface area contributed by atoms with Gasteiger partial charge < -0.3 is 15.2 Å². The summed E-state index contributed by atoms with van der Waals surface area (Å²) >= 11 is 0. The second kappa shape index (κ2) is 7.09. The summed E-state index contributed by atoms with van der Waals surface area (Å²) in [6.45, 7) is 2.28. The van der Waals surface area contributed by atoms with Gasteiger partial charge in [-0.05, 0) is 48.9 Å². The van der Waals surface area contributed by atoms with Crippen LogP contribution in [0.15, 0.2) is 36.4 Å². The highest BCUT2D eigenvalue weighted by atomic mass is 16.5. The average molecular weight is 343 g/mol. The van der Waals surface area contributed by atoms with Gasteiger partial charge in [-0.2, -0.15) is 0 Å². The highest BCUT2D eigenvalue weighted by molar-refractivity contribution is 5.97. The fraction of sp³-hybridized carbons (Fsp3) is 0.421. The number of nitrogens with one attached hydrogen (secondary N) is 1. The monoisotopic (exact) mass is 343 g/mol. The number of rotatable bonds is 6. The summed E-state index contributed by atoms with van der Waals surface area (Å²) in [4.78, 5) is 35.8. The predicted molar refractivity (Wildman–Crippen MR) is 91.0 cm³/mol. The standard InChI is InChI=1S/C19H21NO5/c1-2-9-25-19(24)11-5-7-14(8-6-11)20-17(21)15-12-3-4-13(10-12)16(15)18(22)23/h3-8,12-13,15-16H,2,9-10H2,1H3,(H,20,21)(H,22,23)/t12-,13+,15-,16-/m0/s1. The first-order chi connectivity index (χ1) is 12.0. The first kappa shape index (κ1) is 17.2. The average Bonchev–Trinajstić information content (AvgIpc) is 3.21. The molecular formula is C19H21NO5. The van der Waals surface area contributed by atoms with E-state index in [9.17, 15) is 19.5 Å². The SMILES string of the molecule is CCCOC(=O)c1ccc(NC(=O)[C@@H]2[C@@H](C(=O)O)[C@@H]3C=C[C@H]2C3)cc1. The molecule has 0 aromatic heterocycles. The number of hydrogen-bond acceptors (Lipinski definition) is 4. The van der Waals surface area contributed by atoms with Crippen LogP contribution in [0.1, 0.15) is 30.1 Å². The largest absolute Gasteiger partial charge is 0.481 e. The molecule has 1 fully saturated rings. The maximum Gasteiger partial charge on any atom is 0.338 e. The molecule has 132 valence electrons. The molecule has 0 unspecified atom stereocenters. The number of benzene rings is 1. The lowest BCUT2D eigenvalue weighted by molar-refractivity contribution is -0.146. The summed E-state index contributed by atoms with van der Waals surface area (Å²) in [5.41, 5.74) is 0.950. The molecule has 2 aliphatic rings. The zero-order valence-corrected chi connectivity index (χ0v) is 14.0. The predicted octanol–water partition coefficient (Wildman–Crippen LogP) is 2.71. The van der Waals surface area contributed by atoms with Crippen LogP contribution in [-0.2, 0) is 14.3 Å². The van der Waals surface area contributed by atoms with Gasteiger partial charge in [0.25, 0.3) is 0 Å². The van der Waals surface area contributed by atoms with Gasteiger partial charge in [0.15, 0.2) is 0 Å². The summed E-state index contributed by atoms with van der Waals surface area (Å²) in [5.74, 6) is -2.91. The van der Waals surface area contributed by atoms with Crippen molar-refractivity contribution in [2.45, 2.75) is 19.8 Å². The van der Waals surface area contributed by atoms with Gasteiger partial charge in [-0.1, -0.05) is 19.1 Å². The van der Waals surface area contributed by atoms with E-state index in [0.717, 1.165) is 12.8 Å². The van der Waals surface area contributed by atoms with Gasteiger partial charge in [0.1, 0.15) is 0 Å². The van der Waals surface area contributed by atoms with E-state index in [-0.39, 0.29) is 17.7 Å². The molecular weight excluding hydrogens is 322 g/mol. The second-order valence-electron chi connectivity index (χ2n) is 6.54. The van der Waals surface area contributed by atoms with Crippen LogP contribution in [0.4, 0.5) is 5.69 Å². The van der Waals surface area contributed by atoms with Crippen LogP contribution in [-0.4, -0.2) is 29.6 Å². The third-order valence-electron chi connectivity index (χ3n) is 4.87. The third kappa shape index (κ3) is 3.43. The molecule has 2 N–H and O–H groups in total. The summed E-state index contributed by atoms with van der Waals surface area (Å²) in [6.07, 6.45) is 5.32. The number of carbonyl (C=O) groups is 3. The van der Waals surface area contributed by atoms with Crippen molar-refractivity contribution < 1.29 is 24.2 Å². The number of fused-ring (bicyclic) bond motifs is 2. The van der Waals surface area contributed by atoms with Crippen molar-refractivity contribution in [2.24, 2.45) is 23.7 Å². The molecule has 0 radical (unpaired) electrons. The highest BCUT2D eigenvalue weighted by Crippen LogP contribution is 2.48. The van der Waals surface area contributed by atoms with Crippen LogP contribution in [0, 0.1) is 23.7 Å². The van der Waals surface area contributed by atoms with E-state index in [1.165, 1.54) is 0 Å². The molecule has 1 amide bonds. The molecule has 0 aliphatic heterocycles. The van der Waals surface area contributed by atoms with Gasteiger partial charge in [-0.15, -0.1) is 0 Å². The lowest BCUT2D eigenvalue weighted by atomic mass is 9.82. The van der Waals surface area contributed by atoms with E-state index in [2.05, 4.69) is 5.32 Å². The van der Waals surface area contributed by atoms with Crippen molar-refractivity contribution in [3.8, 4) is 0 Å². The number of hydrogen-bond donors (Lipinski definition) is 2. The van der Waals surface area contributed by atoms with Crippen molar-refractivity contribution in [3.05, 3.63) is 42.0 Å². The Morgan fingerprint density at radius 2 is 1.76 bits per heavy atom. The molecule has 25 heavy (non-hydrogen) atoms. The van der Waals surface area contributed by atoms with E-state index in [0.29, 0.717) is 17.9 Å². The molecule has 6 heteroatoms. The summed E-state index contributed by atoms with van der Waals surface area (Å²) in [6, 6.07) is 6.42. The lowest BCUT2D eigenvalue weighted by Gasteiger charge is -2.23. The topological polar surface area (TPSA) is 92.7 Å². The van der Waals surface area contributed by atoms with Gasteiger partial charge in [0.05, 0.1) is 24.0 Å². The van der Waals surface area contributed by atoms with E-state index in [1.54, 1.807) is 24.3 Å². The third-order valence-corrected chi connectivity index (χ3v) is 4.87. The maximum atomic E-state index is 12.6. The number of carboxylic acids is 1. The molecule has 0 heterocycles. The molecule has 0 saturated heterocycles. The number of carboxylic acid groups (broad SMARTS) is 1. The van der Waals surface area contributed by atoms with Gasteiger partial charge >= 0.3 is 11.9 Å². The van der Waals surface area contributed by atoms with Gasteiger partial charge in [0.2, 0.25) is 5.91 Å². The lowest BCUT2D eigenvalue weighted by Crippen LogP contribution is -2.36. The number of esters is 1. The Morgan fingerprint density at radius 1 is 1.12 bits per heavy atom. The Bertz CT molecular complexity index is 709. The number of ether oxygens (including phenoxy) is 1. The molecule has 0 spiro atoms. The Morgan fingerprint density at radius 3 is 2.36 bits per heavy atom. The summed E-state index contributed by atoms with van der Waals surface area (Å²) in [7, 11) is 0. The molecule has 4 atom stereocenters. The van der Waals surface area contributed by atoms with Crippen molar-refractivity contribution in [1.82, 2.24) is 0 Å². The molecule has 1 aromatic carbocycles. The zero-order valence-electron chi connectivity index (χ0n) is 14.0. The second-order valence-corrected chi connectivity index (χ2v) is 6.54. The normalized spacial score (nSPS) is 26.4. The van der Waals surface area contributed by atoms with Gasteiger partial charge in [0, 0.05) is 5.69 Å². The Balaban J connectivity index is 1.66. The van der Waals surface area contributed by atoms with Crippen molar-refractivity contribution >= 4 is 23.5 Å². The van der Waals surface area contributed by atoms with Crippen LogP contribution in [0.25, 0.3) is 0 Å². The number of aliphatic carboxylic acids is 1. The summed E-state index contributed by atoms with van der Waals surface area (Å²) < 4.78 is 5.05. The van der Waals surface area contributed by atoms with Crippen LogP contribution >= 0.6 is 0 Å². The van der Waals surface area contributed by atoms with E-state index < -0.39 is 23.8 Å². The van der Waals surface area contributed by atoms with Crippen LogP contribution in [0.3, 0.4) is 0 Å². The Kier molecular flexibility index (Phi) is 4.88. The highest BCUT2D eigenvalue weighted by Gasteiger charge is 2.51. The van der Waals surface area contributed by atoms with Crippen LogP contribution in [0.5, 0.6) is 0 Å². The molecule has 6 nitrogen and oxygen atoms in total. The van der Waals surface area contributed by atoms with Gasteiger partial charge in [-0.3, -0.25) is 9.59 Å². The molecule has 2 aliphatic carbocycles. The van der Waals surface area contributed by atoms with E-state index >= 15 is 0 Å². The Hall–Kier alpha value is -2.63. The molecule has 1 aromatic rings. The Labute approximate surface area is 145 Å². The number of amides is 1. The van der Waals surface area contributed by atoms with E-state index in [1.807, 2.05) is 19.1 Å². The minimum Gasteiger partial charge on any atom is -0.481 e. The van der Waals surface area contributed by atoms with E-state index in [4.69, 9.17) is 4.74 Å². The number of anilines is 1. The minimum atomic E-state index is -0.925. The summed E-state index contributed by atoms with van der Waals surface area (Å²) in [5, 5.41) is 12.2. The molecule has 1 saturated carbocycles. The smallest absolute Gasteiger partial charge is 0.338 e. The number of allylic oxidation sites excluding steroid dienone is 2. The molecule has 3 rings (SSSR count). The maximum absolute atomic E-state index is 12.6. The minimum absolute atomic E-state index is 0.0191. The first-order valence-corrected chi connectivity index (χ1v) is 8.50. The van der Waals surface area contributed by atoms with Crippen molar-refractivity contribution in [3.63, 3.8) is 0 Å². The fourth-order valence-electron chi connectivity index (χ4n) is 3.71. The van der Waals surface area contributed by atoms with Crippen molar-refractivity contribution in [1.29, 1.82) is 0 Å². The quantitative estimate of drug-likeness (QED) is 0.612.